The maximum atomic E-state index is 9.74. The minimum Gasteiger partial charge on any atom is -0.265 e. The third-order valence-corrected chi connectivity index (χ3v) is 1.46. The van der Waals surface area contributed by atoms with Crippen LogP contribution in [0, 0.1) is 26.1 Å². The monoisotopic (exact) mass is 206 g/mol. The molecule has 0 aromatic carbocycles. The van der Waals surface area contributed by atoms with Gasteiger partial charge < -0.3 is 0 Å². The Bertz CT molecular complexity index is 182. The molecule has 0 saturated carbocycles. The predicted octanol–water partition coefficient (Wildman–Crippen LogP) is 1.98. The molecule has 0 spiro atoms. The van der Waals surface area contributed by atoms with Crippen molar-refractivity contribution in [1.82, 2.24) is 0 Å². The molecule has 6 heteroatoms. The average Bonchev–Trinajstić information content (AvgIpc) is 2.01. The summed E-state index contributed by atoms with van der Waals surface area (Å²) in [6.45, 7) is 7.12. The first kappa shape index (κ1) is 15.3. The number of hydrogen-bond donors (Lipinski definition) is 0. The van der Waals surface area contributed by atoms with Crippen LogP contribution in [0.1, 0.15) is 34.1 Å². The Morgan fingerprint density at radius 2 is 1.57 bits per heavy atom. The minimum atomic E-state index is -0.375. The van der Waals surface area contributed by atoms with Gasteiger partial charge in [-0.25, -0.2) is 0 Å². The van der Waals surface area contributed by atoms with Crippen LogP contribution in [0.4, 0.5) is 0 Å². The topological polar surface area (TPSA) is 86.3 Å². The van der Waals surface area contributed by atoms with Crippen LogP contribution >= 0.6 is 0 Å². The van der Waals surface area contributed by atoms with Gasteiger partial charge in [0.15, 0.2) is 0 Å². The molecule has 0 amide bonds. The van der Waals surface area contributed by atoms with E-state index < -0.39 is 0 Å². The van der Waals surface area contributed by atoms with Gasteiger partial charge in [0.05, 0.1) is 0 Å². The summed E-state index contributed by atoms with van der Waals surface area (Å²) in [5.41, 5.74) is 0. The molecule has 0 bridgehead atoms. The SMILES string of the molecule is CC(C)C[N+](=O)[O-].CCC(C)[N+](=O)[O-]. The van der Waals surface area contributed by atoms with Crippen molar-refractivity contribution in [3.8, 4) is 0 Å². The summed E-state index contributed by atoms with van der Waals surface area (Å²) >= 11 is 0. The molecule has 0 aliphatic rings. The third kappa shape index (κ3) is 13.4. The lowest BCUT2D eigenvalue weighted by Crippen LogP contribution is -2.12. The van der Waals surface area contributed by atoms with Gasteiger partial charge in [0.1, 0.15) is 0 Å². The second kappa shape index (κ2) is 8.40. The van der Waals surface area contributed by atoms with Crippen LogP contribution in [0.15, 0.2) is 0 Å². The van der Waals surface area contributed by atoms with E-state index in [0.717, 1.165) is 0 Å². The lowest BCUT2D eigenvalue weighted by atomic mass is 10.2. The van der Waals surface area contributed by atoms with E-state index in [1.807, 2.05) is 13.8 Å². The van der Waals surface area contributed by atoms with Crippen molar-refractivity contribution in [2.75, 3.05) is 6.54 Å². The molecule has 0 N–H and O–H groups in total. The van der Waals surface area contributed by atoms with Crippen molar-refractivity contribution in [3.05, 3.63) is 20.2 Å². The predicted molar refractivity (Wildman–Crippen MR) is 53.4 cm³/mol. The first-order valence-electron chi connectivity index (χ1n) is 4.56. The Kier molecular flexibility index (Phi) is 9.17. The molecule has 0 rings (SSSR count). The first-order valence-corrected chi connectivity index (χ1v) is 4.56. The zero-order chi connectivity index (χ0) is 11.7. The van der Waals surface area contributed by atoms with Gasteiger partial charge in [-0.15, -0.1) is 0 Å². The van der Waals surface area contributed by atoms with E-state index in [2.05, 4.69) is 0 Å². The fourth-order valence-corrected chi connectivity index (χ4v) is 0.447. The largest absolute Gasteiger partial charge is 0.265 e. The van der Waals surface area contributed by atoms with Gasteiger partial charge in [0.2, 0.25) is 12.6 Å². The third-order valence-electron chi connectivity index (χ3n) is 1.46. The summed E-state index contributed by atoms with van der Waals surface area (Å²) in [5, 5.41) is 19.4. The highest BCUT2D eigenvalue weighted by molar-refractivity contribution is 4.39. The van der Waals surface area contributed by atoms with Crippen LogP contribution in [0.3, 0.4) is 0 Å². The molecule has 1 unspecified atom stereocenters. The summed E-state index contributed by atoms with van der Waals surface area (Å²) in [6, 6.07) is -0.375. The van der Waals surface area contributed by atoms with Crippen LogP contribution in [-0.2, 0) is 0 Å². The van der Waals surface area contributed by atoms with E-state index in [-0.39, 0.29) is 28.4 Å². The van der Waals surface area contributed by atoms with Crippen molar-refractivity contribution >= 4 is 0 Å². The second-order valence-electron chi connectivity index (χ2n) is 3.45. The quantitative estimate of drug-likeness (QED) is 0.519. The second-order valence-corrected chi connectivity index (χ2v) is 3.45. The Labute approximate surface area is 83.6 Å². The average molecular weight is 206 g/mol. The van der Waals surface area contributed by atoms with Crippen LogP contribution in [0.25, 0.3) is 0 Å². The highest BCUT2D eigenvalue weighted by Crippen LogP contribution is 1.91. The van der Waals surface area contributed by atoms with Gasteiger partial charge in [0, 0.05) is 29.1 Å². The molecule has 0 fully saturated rings. The van der Waals surface area contributed by atoms with Gasteiger partial charge in [0.25, 0.3) is 0 Å². The molecular weight excluding hydrogens is 188 g/mol. The molecular formula is C8H18N2O4. The highest BCUT2D eigenvalue weighted by atomic mass is 16.6. The van der Waals surface area contributed by atoms with E-state index in [1.54, 1.807) is 13.8 Å². The van der Waals surface area contributed by atoms with E-state index in [0.29, 0.717) is 6.42 Å². The molecule has 0 saturated heterocycles. The maximum Gasteiger partial charge on any atom is 0.210 e. The van der Waals surface area contributed by atoms with E-state index in [4.69, 9.17) is 0 Å². The number of rotatable bonds is 4. The number of nitrogens with zero attached hydrogens (tertiary/aromatic N) is 2. The molecule has 84 valence electrons. The summed E-state index contributed by atoms with van der Waals surface area (Å²) in [7, 11) is 0. The van der Waals surface area contributed by atoms with E-state index in [9.17, 15) is 20.2 Å². The Hall–Kier alpha value is -1.20. The summed E-state index contributed by atoms with van der Waals surface area (Å²) in [4.78, 5) is 18.8. The molecule has 0 aliphatic heterocycles. The van der Waals surface area contributed by atoms with Crippen molar-refractivity contribution in [1.29, 1.82) is 0 Å². The molecule has 6 nitrogen and oxygen atoms in total. The van der Waals surface area contributed by atoms with Gasteiger partial charge in [-0.2, -0.15) is 0 Å². The fraction of sp³-hybridized carbons (Fsp3) is 1.00. The summed E-state index contributed by atoms with van der Waals surface area (Å²) < 4.78 is 0. The summed E-state index contributed by atoms with van der Waals surface area (Å²) in [5.74, 6) is 0.176. The van der Waals surface area contributed by atoms with Gasteiger partial charge in [-0.05, 0) is 0 Å². The fourth-order valence-electron chi connectivity index (χ4n) is 0.447. The summed E-state index contributed by atoms with van der Waals surface area (Å²) in [6.07, 6.45) is 0.618. The lowest BCUT2D eigenvalue weighted by molar-refractivity contribution is -0.518. The highest BCUT2D eigenvalue weighted by Gasteiger charge is 2.06. The number of nitro groups is 2. The van der Waals surface area contributed by atoms with Gasteiger partial charge in [-0.1, -0.05) is 20.8 Å². The molecule has 0 aromatic heterocycles. The Balaban J connectivity index is 0. The van der Waals surface area contributed by atoms with Crippen LogP contribution in [-0.4, -0.2) is 22.4 Å². The normalized spacial score (nSPS) is 11.5. The molecule has 0 radical (unpaired) electrons. The first-order chi connectivity index (χ1) is 6.31. The Morgan fingerprint density at radius 1 is 1.14 bits per heavy atom. The molecule has 0 aliphatic carbocycles. The van der Waals surface area contributed by atoms with Gasteiger partial charge >= 0.3 is 0 Å². The van der Waals surface area contributed by atoms with Crippen molar-refractivity contribution in [2.45, 2.75) is 40.2 Å². The standard InChI is InChI=1S/2C4H9NO2/c1-4(2)3-5(6)7;1-3-4(2)5(6)7/h2*4H,3H2,1-2H3. The zero-order valence-corrected chi connectivity index (χ0v) is 9.10. The molecule has 14 heavy (non-hydrogen) atoms. The van der Waals surface area contributed by atoms with Crippen molar-refractivity contribution < 1.29 is 9.85 Å². The molecule has 0 heterocycles. The van der Waals surface area contributed by atoms with Crippen LogP contribution < -0.4 is 0 Å². The van der Waals surface area contributed by atoms with Crippen LogP contribution in [0.5, 0.6) is 0 Å². The van der Waals surface area contributed by atoms with Crippen LogP contribution in [0.2, 0.25) is 0 Å². The van der Waals surface area contributed by atoms with E-state index in [1.165, 1.54) is 0 Å². The number of hydrogen-bond acceptors (Lipinski definition) is 4. The molecule has 1 atom stereocenters. The van der Waals surface area contributed by atoms with Crippen molar-refractivity contribution in [2.24, 2.45) is 5.92 Å². The Morgan fingerprint density at radius 3 is 1.57 bits per heavy atom. The molecule has 0 aromatic rings. The minimum absolute atomic E-state index is 0.0833. The zero-order valence-electron chi connectivity index (χ0n) is 9.10. The lowest BCUT2D eigenvalue weighted by Gasteiger charge is -1.94. The smallest absolute Gasteiger partial charge is 0.210 e. The maximum absolute atomic E-state index is 9.74. The van der Waals surface area contributed by atoms with E-state index >= 15 is 0 Å². The van der Waals surface area contributed by atoms with Gasteiger partial charge in [-0.3, -0.25) is 20.2 Å². The van der Waals surface area contributed by atoms with Crippen molar-refractivity contribution in [3.63, 3.8) is 0 Å².